The van der Waals surface area contributed by atoms with Crippen molar-refractivity contribution in [1.29, 1.82) is 0 Å². The predicted octanol–water partition coefficient (Wildman–Crippen LogP) is 5.82. The van der Waals surface area contributed by atoms with Gasteiger partial charge in [-0.05, 0) is 51.3 Å². The number of nitrogens with zero attached hydrogens (tertiary/aromatic N) is 4. The van der Waals surface area contributed by atoms with Crippen LogP contribution >= 0.6 is 11.3 Å². The van der Waals surface area contributed by atoms with Crippen molar-refractivity contribution in [3.8, 4) is 11.3 Å². The number of carbonyl (C=O) groups excluding carboxylic acids is 1. The average molecular weight is 491 g/mol. The van der Waals surface area contributed by atoms with Crippen molar-refractivity contribution >= 4 is 28.2 Å². The third-order valence-electron chi connectivity index (χ3n) is 6.68. The molecule has 0 unspecified atom stereocenters. The second-order valence-electron chi connectivity index (χ2n) is 10.4. The third kappa shape index (κ3) is 5.15. The molecule has 2 aliphatic heterocycles. The molecule has 5 rings (SSSR count). The molecule has 6 nitrogen and oxygen atoms in total. The monoisotopic (exact) mass is 490 g/mol. The highest BCUT2D eigenvalue weighted by molar-refractivity contribution is 7.14. The van der Waals surface area contributed by atoms with E-state index < -0.39 is 5.60 Å². The Morgan fingerprint density at radius 1 is 1.03 bits per heavy atom. The van der Waals surface area contributed by atoms with Gasteiger partial charge in [-0.15, -0.1) is 11.3 Å². The fourth-order valence-corrected chi connectivity index (χ4v) is 5.80. The van der Waals surface area contributed by atoms with Gasteiger partial charge in [-0.2, -0.15) is 0 Å². The van der Waals surface area contributed by atoms with Crippen molar-refractivity contribution in [2.24, 2.45) is 0 Å². The zero-order valence-corrected chi connectivity index (χ0v) is 21.8. The van der Waals surface area contributed by atoms with Crippen LogP contribution < -0.4 is 9.80 Å². The van der Waals surface area contributed by atoms with Crippen LogP contribution in [0.2, 0.25) is 0 Å². The summed E-state index contributed by atoms with van der Waals surface area (Å²) >= 11 is 1.72. The topological polar surface area (TPSA) is 48.9 Å². The van der Waals surface area contributed by atoms with Gasteiger partial charge in [-0.1, -0.05) is 42.5 Å². The van der Waals surface area contributed by atoms with E-state index in [0.29, 0.717) is 6.54 Å². The van der Waals surface area contributed by atoms with E-state index in [1.165, 1.54) is 16.8 Å². The van der Waals surface area contributed by atoms with E-state index >= 15 is 0 Å². The van der Waals surface area contributed by atoms with E-state index in [9.17, 15) is 4.79 Å². The number of amides is 1. The molecule has 0 aliphatic carbocycles. The normalized spacial score (nSPS) is 18.4. The molecule has 184 valence electrons. The minimum Gasteiger partial charge on any atom is -0.444 e. The summed E-state index contributed by atoms with van der Waals surface area (Å²) in [4.78, 5) is 24.3. The van der Waals surface area contributed by atoms with E-state index in [4.69, 9.17) is 9.72 Å². The van der Waals surface area contributed by atoms with Crippen LogP contribution in [0.25, 0.3) is 11.3 Å². The Morgan fingerprint density at radius 2 is 1.83 bits per heavy atom. The molecule has 1 atom stereocenters. The van der Waals surface area contributed by atoms with Gasteiger partial charge in [0, 0.05) is 55.4 Å². The summed E-state index contributed by atoms with van der Waals surface area (Å²) in [6.07, 6.45) is 0.792. The van der Waals surface area contributed by atoms with Crippen LogP contribution in [0.15, 0.2) is 53.9 Å². The van der Waals surface area contributed by atoms with Gasteiger partial charge in [0.2, 0.25) is 0 Å². The molecule has 3 aromatic rings. The Kier molecular flexibility index (Phi) is 6.45. The van der Waals surface area contributed by atoms with Crippen LogP contribution in [0.3, 0.4) is 0 Å². The van der Waals surface area contributed by atoms with Crippen LogP contribution in [0.5, 0.6) is 0 Å². The molecule has 0 radical (unpaired) electrons. The highest BCUT2D eigenvalue weighted by Crippen LogP contribution is 2.35. The second-order valence-corrected chi connectivity index (χ2v) is 11.3. The first-order valence-electron chi connectivity index (χ1n) is 12.4. The smallest absolute Gasteiger partial charge is 0.410 e. The zero-order valence-electron chi connectivity index (χ0n) is 21.0. The highest BCUT2D eigenvalue weighted by Gasteiger charge is 2.32. The fraction of sp³-hybridized carbons (Fsp3) is 0.429. The SMILES string of the molecule is C[C@@H]1CN(c2cccc3c2CN(c2nc(-c4ccccc4)cs2)CC3)CCN1C(=O)OC(C)(C)C. The molecule has 1 amide bonds. The van der Waals surface area contributed by atoms with Gasteiger partial charge in [0.05, 0.1) is 5.69 Å². The maximum Gasteiger partial charge on any atom is 0.410 e. The first kappa shape index (κ1) is 23.7. The largest absolute Gasteiger partial charge is 0.444 e. The van der Waals surface area contributed by atoms with Gasteiger partial charge < -0.3 is 19.4 Å². The molecule has 1 fully saturated rings. The van der Waals surface area contributed by atoms with E-state index in [-0.39, 0.29) is 12.1 Å². The maximum absolute atomic E-state index is 12.7. The number of aromatic nitrogens is 1. The number of hydrogen-bond donors (Lipinski definition) is 0. The minimum atomic E-state index is -0.480. The molecule has 0 bridgehead atoms. The number of hydrogen-bond acceptors (Lipinski definition) is 6. The standard InChI is InChI=1S/C28H34N4O2S/c1-20-17-30(15-16-32(20)27(33)34-28(2,3)4)25-12-8-11-21-13-14-31(18-23(21)25)26-29-24(19-35-26)22-9-6-5-7-10-22/h5-12,19-20H,13-18H2,1-4H3/t20-/m1/s1. The van der Waals surface area contributed by atoms with Crippen molar-refractivity contribution in [3.05, 3.63) is 65.0 Å². The zero-order chi connectivity index (χ0) is 24.6. The molecule has 2 aromatic carbocycles. The lowest BCUT2D eigenvalue weighted by molar-refractivity contribution is 0.0159. The van der Waals surface area contributed by atoms with Crippen LogP contribution in [-0.4, -0.2) is 53.8 Å². The summed E-state index contributed by atoms with van der Waals surface area (Å²) < 4.78 is 5.63. The van der Waals surface area contributed by atoms with Crippen molar-refractivity contribution in [2.75, 3.05) is 36.0 Å². The number of piperazine rings is 1. The third-order valence-corrected chi connectivity index (χ3v) is 7.58. The van der Waals surface area contributed by atoms with Crippen LogP contribution in [0, 0.1) is 0 Å². The van der Waals surface area contributed by atoms with E-state index in [1.54, 1.807) is 11.3 Å². The number of benzene rings is 2. The molecule has 1 saturated heterocycles. The van der Waals surface area contributed by atoms with Crippen molar-refractivity contribution < 1.29 is 9.53 Å². The quantitative estimate of drug-likeness (QED) is 0.463. The Balaban J connectivity index is 1.32. The lowest BCUT2D eigenvalue weighted by Crippen LogP contribution is -2.55. The Bertz CT molecular complexity index is 1190. The Labute approximate surface area is 212 Å². The molecule has 7 heteroatoms. The van der Waals surface area contributed by atoms with Crippen molar-refractivity contribution in [3.63, 3.8) is 0 Å². The van der Waals surface area contributed by atoms with Crippen molar-refractivity contribution in [1.82, 2.24) is 9.88 Å². The number of rotatable bonds is 3. The predicted molar refractivity (Wildman–Crippen MR) is 143 cm³/mol. The number of carbonyl (C=O) groups is 1. The molecule has 0 saturated carbocycles. The molecule has 0 spiro atoms. The van der Waals surface area contributed by atoms with Crippen LogP contribution in [0.4, 0.5) is 15.6 Å². The van der Waals surface area contributed by atoms with E-state index in [2.05, 4.69) is 64.6 Å². The van der Waals surface area contributed by atoms with Gasteiger partial charge in [-0.3, -0.25) is 0 Å². The summed E-state index contributed by atoms with van der Waals surface area (Å²) in [6, 6.07) is 17.1. The number of fused-ring (bicyclic) bond motifs is 1. The lowest BCUT2D eigenvalue weighted by Gasteiger charge is -2.42. The van der Waals surface area contributed by atoms with Gasteiger partial charge in [-0.25, -0.2) is 9.78 Å². The summed E-state index contributed by atoms with van der Waals surface area (Å²) in [6.45, 7) is 11.9. The van der Waals surface area contributed by atoms with Crippen molar-refractivity contribution in [2.45, 2.75) is 52.3 Å². The summed E-state index contributed by atoms with van der Waals surface area (Å²) in [5.74, 6) is 0. The van der Waals surface area contributed by atoms with Gasteiger partial charge in [0.15, 0.2) is 5.13 Å². The van der Waals surface area contributed by atoms with Crippen LogP contribution in [0.1, 0.15) is 38.8 Å². The number of ether oxygens (including phenoxy) is 1. The summed E-state index contributed by atoms with van der Waals surface area (Å²) in [5.41, 5.74) is 5.80. The second kappa shape index (κ2) is 9.53. The highest BCUT2D eigenvalue weighted by atomic mass is 32.1. The first-order valence-corrected chi connectivity index (χ1v) is 13.3. The number of thiazole rings is 1. The van der Waals surface area contributed by atoms with Gasteiger partial charge in [0.25, 0.3) is 0 Å². The maximum atomic E-state index is 12.7. The molecule has 0 N–H and O–H groups in total. The average Bonchev–Trinajstić information content (AvgIpc) is 3.33. The van der Waals surface area contributed by atoms with Gasteiger partial charge >= 0.3 is 6.09 Å². The molecular weight excluding hydrogens is 456 g/mol. The molecule has 35 heavy (non-hydrogen) atoms. The summed E-state index contributed by atoms with van der Waals surface area (Å²) in [5, 5.41) is 3.23. The van der Waals surface area contributed by atoms with Gasteiger partial charge in [0.1, 0.15) is 5.60 Å². The van der Waals surface area contributed by atoms with E-state index in [0.717, 1.165) is 49.0 Å². The summed E-state index contributed by atoms with van der Waals surface area (Å²) in [7, 11) is 0. The van der Waals surface area contributed by atoms with Crippen LogP contribution in [-0.2, 0) is 17.7 Å². The minimum absolute atomic E-state index is 0.0848. The first-order chi connectivity index (χ1) is 16.8. The molecule has 2 aliphatic rings. The van der Waals surface area contributed by atoms with E-state index in [1.807, 2.05) is 31.7 Å². The lowest BCUT2D eigenvalue weighted by atomic mass is 9.97. The Hall–Kier alpha value is -3.06. The number of anilines is 2. The fourth-order valence-electron chi connectivity index (χ4n) is 4.94. The Morgan fingerprint density at radius 3 is 2.57 bits per heavy atom. The molecule has 1 aromatic heterocycles. The molecule has 3 heterocycles. The molecular formula is C28H34N4O2S.